The predicted octanol–water partition coefficient (Wildman–Crippen LogP) is 1.76. The van der Waals surface area contributed by atoms with Crippen LogP contribution in [0, 0.1) is 0 Å². The first-order chi connectivity index (χ1) is 12.2. The molecule has 6 heteroatoms. The van der Waals surface area contributed by atoms with Crippen molar-refractivity contribution in [2.45, 2.75) is 6.54 Å². The van der Waals surface area contributed by atoms with Crippen LogP contribution in [0.5, 0.6) is 5.75 Å². The number of benzene rings is 2. The predicted molar refractivity (Wildman–Crippen MR) is 94.4 cm³/mol. The maximum absolute atomic E-state index is 12.4. The van der Waals surface area contributed by atoms with Crippen LogP contribution in [0.2, 0.25) is 0 Å². The Kier molecular flexibility index (Phi) is 7.46. The van der Waals surface area contributed by atoms with Crippen LogP contribution in [0.25, 0.3) is 0 Å². The van der Waals surface area contributed by atoms with Crippen molar-refractivity contribution in [1.29, 1.82) is 0 Å². The highest BCUT2D eigenvalue weighted by molar-refractivity contribution is 5.97. The summed E-state index contributed by atoms with van der Waals surface area (Å²) in [4.78, 5) is 24.1. The number of para-hydroxylation sites is 1. The topological polar surface area (TPSA) is 76.7 Å². The van der Waals surface area contributed by atoms with Crippen LogP contribution in [0.4, 0.5) is 0 Å². The van der Waals surface area contributed by atoms with Crippen molar-refractivity contribution < 1.29 is 19.1 Å². The zero-order valence-electron chi connectivity index (χ0n) is 14.2. The fourth-order valence-electron chi connectivity index (χ4n) is 2.14. The van der Waals surface area contributed by atoms with Gasteiger partial charge in [0.05, 0.1) is 12.2 Å². The maximum atomic E-state index is 12.4. The van der Waals surface area contributed by atoms with E-state index in [2.05, 4.69) is 10.6 Å². The molecule has 2 aromatic rings. The van der Waals surface area contributed by atoms with Gasteiger partial charge in [-0.2, -0.15) is 0 Å². The van der Waals surface area contributed by atoms with E-state index in [9.17, 15) is 9.59 Å². The lowest BCUT2D eigenvalue weighted by Gasteiger charge is -2.12. The number of ether oxygens (including phenoxy) is 2. The lowest BCUT2D eigenvalue weighted by molar-refractivity contribution is -0.123. The molecule has 132 valence electrons. The van der Waals surface area contributed by atoms with Crippen LogP contribution in [-0.4, -0.2) is 38.7 Å². The summed E-state index contributed by atoms with van der Waals surface area (Å²) in [6, 6.07) is 16.5. The SMILES string of the molecule is COCCNC(=O)COc1ccccc1C(=O)NCc1ccccc1. The van der Waals surface area contributed by atoms with Crippen LogP contribution in [0.1, 0.15) is 15.9 Å². The number of hydrogen-bond acceptors (Lipinski definition) is 4. The third-order valence-electron chi connectivity index (χ3n) is 3.41. The standard InChI is InChI=1S/C19H22N2O4/c1-24-12-11-20-18(22)14-25-17-10-6-5-9-16(17)19(23)21-13-15-7-3-2-4-8-15/h2-10H,11-14H2,1H3,(H,20,22)(H,21,23). The summed E-state index contributed by atoms with van der Waals surface area (Å²) in [7, 11) is 1.56. The van der Waals surface area contributed by atoms with Gasteiger partial charge < -0.3 is 20.1 Å². The molecule has 2 rings (SSSR count). The molecule has 0 atom stereocenters. The second-order valence-electron chi connectivity index (χ2n) is 5.30. The molecular formula is C19H22N2O4. The van der Waals surface area contributed by atoms with E-state index >= 15 is 0 Å². The summed E-state index contributed by atoms with van der Waals surface area (Å²) in [5.41, 5.74) is 1.40. The molecule has 0 bridgehead atoms. The molecule has 0 aromatic heterocycles. The van der Waals surface area contributed by atoms with Crippen molar-refractivity contribution in [1.82, 2.24) is 10.6 Å². The van der Waals surface area contributed by atoms with Crippen molar-refractivity contribution in [3.63, 3.8) is 0 Å². The zero-order chi connectivity index (χ0) is 17.9. The van der Waals surface area contributed by atoms with Gasteiger partial charge in [0.15, 0.2) is 6.61 Å². The average Bonchev–Trinajstić information content (AvgIpc) is 2.66. The Balaban J connectivity index is 1.90. The Morgan fingerprint density at radius 2 is 1.68 bits per heavy atom. The van der Waals surface area contributed by atoms with E-state index in [1.165, 1.54) is 0 Å². The minimum atomic E-state index is -0.267. The molecule has 0 saturated carbocycles. The van der Waals surface area contributed by atoms with Crippen LogP contribution in [0.3, 0.4) is 0 Å². The van der Waals surface area contributed by atoms with E-state index in [1.54, 1.807) is 31.4 Å². The molecule has 0 fully saturated rings. The van der Waals surface area contributed by atoms with Crippen LogP contribution < -0.4 is 15.4 Å². The van der Waals surface area contributed by atoms with Gasteiger partial charge in [-0.25, -0.2) is 0 Å². The molecule has 0 heterocycles. The number of carbonyl (C=O) groups excluding carboxylic acids is 2. The van der Waals surface area contributed by atoms with Crippen molar-refractivity contribution in [3.8, 4) is 5.75 Å². The Morgan fingerprint density at radius 1 is 0.960 bits per heavy atom. The molecule has 2 N–H and O–H groups in total. The van der Waals surface area contributed by atoms with E-state index in [0.29, 0.717) is 31.0 Å². The zero-order valence-corrected chi connectivity index (χ0v) is 14.2. The molecule has 0 radical (unpaired) electrons. The van der Waals surface area contributed by atoms with Crippen molar-refractivity contribution in [2.24, 2.45) is 0 Å². The smallest absolute Gasteiger partial charge is 0.258 e. The van der Waals surface area contributed by atoms with Gasteiger partial charge in [-0.15, -0.1) is 0 Å². The average molecular weight is 342 g/mol. The molecule has 0 saturated heterocycles. The fourth-order valence-corrected chi connectivity index (χ4v) is 2.14. The molecule has 0 aliphatic rings. The first kappa shape index (κ1) is 18.5. The highest BCUT2D eigenvalue weighted by atomic mass is 16.5. The first-order valence-corrected chi connectivity index (χ1v) is 8.00. The number of rotatable bonds is 9. The Morgan fingerprint density at radius 3 is 2.44 bits per heavy atom. The maximum Gasteiger partial charge on any atom is 0.258 e. The van der Waals surface area contributed by atoms with E-state index in [0.717, 1.165) is 5.56 Å². The van der Waals surface area contributed by atoms with E-state index in [-0.39, 0.29) is 18.4 Å². The number of carbonyl (C=O) groups is 2. The fraction of sp³-hybridized carbons (Fsp3) is 0.263. The van der Waals surface area contributed by atoms with Gasteiger partial charge in [0.2, 0.25) is 0 Å². The Bertz CT molecular complexity index is 689. The van der Waals surface area contributed by atoms with Gasteiger partial charge in [-0.1, -0.05) is 42.5 Å². The summed E-state index contributed by atoms with van der Waals surface area (Å²) >= 11 is 0. The molecule has 0 aliphatic heterocycles. The lowest BCUT2D eigenvalue weighted by atomic mass is 10.1. The van der Waals surface area contributed by atoms with Gasteiger partial charge in [-0.05, 0) is 17.7 Å². The molecular weight excluding hydrogens is 320 g/mol. The van der Waals surface area contributed by atoms with Gasteiger partial charge in [-0.3, -0.25) is 9.59 Å². The van der Waals surface area contributed by atoms with E-state index in [1.807, 2.05) is 30.3 Å². The van der Waals surface area contributed by atoms with Gasteiger partial charge in [0.25, 0.3) is 11.8 Å². The summed E-state index contributed by atoms with van der Waals surface area (Å²) in [6.07, 6.45) is 0. The molecule has 2 aromatic carbocycles. The second kappa shape index (κ2) is 10.1. The summed E-state index contributed by atoms with van der Waals surface area (Å²) < 4.78 is 10.3. The van der Waals surface area contributed by atoms with Crippen molar-refractivity contribution in [3.05, 3.63) is 65.7 Å². The van der Waals surface area contributed by atoms with Crippen LogP contribution >= 0.6 is 0 Å². The number of nitrogens with one attached hydrogen (secondary N) is 2. The minimum Gasteiger partial charge on any atom is -0.483 e. The molecule has 6 nitrogen and oxygen atoms in total. The van der Waals surface area contributed by atoms with Gasteiger partial charge in [0.1, 0.15) is 5.75 Å². The molecule has 0 spiro atoms. The lowest BCUT2D eigenvalue weighted by Crippen LogP contribution is -2.32. The number of hydrogen-bond donors (Lipinski definition) is 2. The van der Waals surface area contributed by atoms with Gasteiger partial charge in [0, 0.05) is 20.2 Å². The third kappa shape index (κ3) is 6.27. The summed E-state index contributed by atoms with van der Waals surface area (Å²) in [5.74, 6) is -0.147. The normalized spacial score (nSPS) is 10.1. The van der Waals surface area contributed by atoms with Crippen LogP contribution in [-0.2, 0) is 16.1 Å². The largest absolute Gasteiger partial charge is 0.483 e. The molecule has 2 amide bonds. The van der Waals surface area contributed by atoms with Crippen LogP contribution in [0.15, 0.2) is 54.6 Å². The first-order valence-electron chi connectivity index (χ1n) is 8.00. The summed E-state index contributed by atoms with van der Waals surface area (Å²) in [6.45, 7) is 1.11. The van der Waals surface area contributed by atoms with E-state index < -0.39 is 0 Å². The number of amides is 2. The van der Waals surface area contributed by atoms with Crippen molar-refractivity contribution >= 4 is 11.8 Å². The molecule has 0 aliphatic carbocycles. The Labute approximate surface area is 147 Å². The highest BCUT2D eigenvalue weighted by Gasteiger charge is 2.13. The highest BCUT2D eigenvalue weighted by Crippen LogP contribution is 2.17. The van der Waals surface area contributed by atoms with Gasteiger partial charge >= 0.3 is 0 Å². The third-order valence-corrected chi connectivity index (χ3v) is 3.41. The van der Waals surface area contributed by atoms with Crippen molar-refractivity contribution in [2.75, 3.05) is 26.9 Å². The Hall–Kier alpha value is -2.86. The van der Waals surface area contributed by atoms with E-state index in [4.69, 9.17) is 9.47 Å². The quantitative estimate of drug-likeness (QED) is 0.681. The number of methoxy groups -OCH3 is 1. The monoisotopic (exact) mass is 342 g/mol. The minimum absolute atomic E-state index is 0.160. The second-order valence-corrected chi connectivity index (χ2v) is 5.30. The summed E-state index contributed by atoms with van der Waals surface area (Å²) in [5, 5.41) is 5.51. The molecule has 0 unspecified atom stereocenters. The molecule has 25 heavy (non-hydrogen) atoms.